The van der Waals surface area contributed by atoms with Gasteiger partial charge in [-0.3, -0.25) is 4.79 Å². The van der Waals surface area contributed by atoms with Gasteiger partial charge in [-0.05, 0) is 6.92 Å². The maximum absolute atomic E-state index is 10.2. The summed E-state index contributed by atoms with van der Waals surface area (Å²) in [6, 6.07) is 0. The van der Waals surface area contributed by atoms with Crippen LogP contribution < -0.4 is 0 Å². The highest BCUT2D eigenvalue weighted by Gasteiger charge is 2.07. The van der Waals surface area contributed by atoms with E-state index in [2.05, 4.69) is 0 Å². The molecule has 0 aromatic rings. The average Bonchev–Trinajstić information content (AvgIpc) is 1.85. The Labute approximate surface area is 58.4 Å². The van der Waals surface area contributed by atoms with E-state index >= 15 is 0 Å². The molecule has 0 aliphatic rings. The summed E-state index contributed by atoms with van der Waals surface area (Å²) >= 11 is 0. The Morgan fingerprint density at radius 3 is 2.50 bits per heavy atom. The van der Waals surface area contributed by atoms with Crippen molar-refractivity contribution in [3.8, 4) is 0 Å². The molecule has 1 atom stereocenters. The third kappa shape index (κ3) is 3.21. The molecule has 0 aromatic carbocycles. The third-order valence-electron chi connectivity index (χ3n) is 0.865. The van der Waals surface area contributed by atoms with Gasteiger partial charge in [0, 0.05) is 6.08 Å². The van der Waals surface area contributed by atoms with Gasteiger partial charge < -0.3 is 15.3 Å². The van der Waals surface area contributed by atoms with Gasteiger partial charge in [0.05, 0.1) is 6.61 Å². The highest BCUT2D eigenvalue weighted by molar-refractivity contribution is 5.87. The van der Waals surface area contributed by atoms with E-state index in [1.54, 1.807) is 0 Å². The van der Waals surface area contributed by atoms with Crippen molar-refractivity contribution in [3.05, 3.63) is 11.8 Å². The molecule has 0 radical (unpaired) electrons. The first kappa shape index (κ1) is 9.13. The van der Waals surface area contributed by atoms with Crippen LogP contribution >= 0.6 is 0 Å². The fraction of sp³-hybridized carbons (Fsp3) is 0.500. The van der Waals surface area contributed by atoms with Gasteiger partial charge in [0.25, 0.3) is 0 Å². The van der Waals surface area contributed by atoms with Crippen molar-refractivity contribution < 1.29 is 20.1 Å². The molecule has 0 rings (SSSR count). The topological polar surface area (TPSA) is 77.8 Å². The molecule has 3 N–H and O–H groups in total. The second-order valence-corrected chi connectivity index (χ2v) is 1.88. The van der Waals surface area contributed by atoms with Crippen molar-refractivity contribution >= 4 is 5.78 Å². The number of ketones is 1. The van der Waals surface area contributed by atoms with Crippen LogP contribution in [-0.4, -0.2) is 33.8 Å². The van der Waals surface area contributed by atoms with E-state index in [4.69, 9.17) is 15.3 Å². The number of aliphatic hydroxyl groups excluding tert-OH is 3. The van der Waals surface area contributed by atoms with Crippen LogP contribution in [0.5, 0.6) is 0 Å². The smallest absolute Gasteiger partial charge is 0.156 e. The molecule has 0 spiro atoms. The lowest BCUT2D eigenvalue weighted by Gasteiger charge is -2.03. The average molecular weight is 146 g/mol. The summed E-state index contributed by atoms with van der Waals surface area (Å²) in [4.78, 5) is 10.2. The normalized spacial score (nSPS) is 14.9. The summed E-state index contributed by atoms with van der Waals surface area (Å²) in [5.74, 6) is -0.875. The second kappa shape index (κ2) is 4.03. The van der Waals surface area contributed by atoms with Crippen molar-refractivity contribution in [1.29, 1.82) is 0 Å². The fourth-order valence-corrected chi connectivity index (χ4v) is 0.398. The van der Waals surface area contributed by atoms with Gasteiger partial charge in [-0.2, -0.15) is 0 Å². The summed E-state index contributed by atoms with van der Waals surface area (Å²) in [6.45, 7) is 0.649. The van der Waals surface area contributed by atoms with E-state index in [0.29, 0.717) is 0 Å². The molecular formula is C6H10O4. The van der Waals surface area contributed by atoms with Crippen molar-refractivity contribution in [1.82, 2.24) is 0 Å². The number of allylic oxidation sites excluding steroid dienone is 1. The monoisotopic (exact) mass is 146 g/mol. The molecule has 58 valence electrons. The maximum Gasteiger partial charge on any atom is 0.156 e. The molecule has 0 bridgehead atoms. The summed E-state index contributed by atoms with van der Waals surface area (Å²) < 4.78 is 0. The van der Waals surface area contributed by atoms with Crippen LogP contribution in [0.4, 0.5) is 0 Å². The fourth-order valence-electron chi connectivity index (χ4n) is 0.398. The minimum atomic E-state index is -1.34. The van der Waals surface area contributed by atoms with E-state index in [1.165, 1.54) is 6.92 Å². The molecule has 0 aliphatic heterocycles. The largest absolute Gasteiger partial charge is 0.509 e. The van der Waals surface area contributed by atoms with Gasteiger partial charge in [0.1, 0.15) is 11.9 Å². The second-order valence-electron chi connectivity index (χ2n) is 1.88. The maximum atomic E-state index is 10.2. The standard InChI is InChI=1S/C6H10O4/c1-4(8)2-5(9)6(10)3-7/h2,6-7,9-10H,3H2,1H3. The zero-order valence-corrected chi connectivity index (χ0v) is 5.61. The van der Waals surface area contributed by atoms with Crippen LogP contribution in [0.25, 0.3) is 0 Å². The molecule has 4 nitrogen and oxygen atoms in total. The lowest BCUT2D eigenvalue weighted by molar-refractivity contribution is -0.112. The van der Waals surface area contributed by atoms with Crippen molar-refractivity contribution in [2.45, 2.75) is 13.0 Å². The van der Waals surface area contributed by atoms with Gasteiger partial charge >= 0.3 is 0 Å². The van der Waals surface area contributed by atoms with Crippen LogP contribution in [0.3, 0.4) is 0 Å². The molecule has 0 saturated heterocycles. The molecule has 0 heterocycles. The predicted octanol–water partition coefficient (Wildman–Crippen LogP) is -0.629. The summed E-state index contributed by atoms with van der Waals surface area (Å²) in [7, 11) is 0. The van der Waals surface area contributed by atoms with E-state index in [0.717, 1.165) is 6.08 Å². The quantitative estimate of drug-likeness (QED) is 0.366. The number of rotatable bonds is 3. The highest BCUT2D eigenvalue weighted by Crippen LogP contribution is 1.95. The number of aliphatic hydroxyl groups is 3. The van der Waals surface area contributed by atoms with Gasteiger partial charge in [-0.1, -0.05) is 0 Å². The van der Waals surface area contributed by atoms with Crippen LogP contribution in [0, 0.1) is 0 Å². The summed E-state index contributed by atoms with van der Waals surface area (Å²) in [5.41, 5.74) is 0. The SMILES string of the molecule is CC(=O)C=C(O)C(O)CO. The lowest BCUT2D eigenvalue weighted by atomic mass is 10.2. The van der Waals surface area contributed by atoms with Gasteiger partial charge in [0.15, 0.2) is 5.78 Å². The number of hydrogen-bond acceptors (Lipinski definition) is 4. The van der Waals surface area contributed by atoms with Gasteiger partial charge in [-0.25, -0.2) is 0 Å². The first-order chi connectivity index (χ1) is 4.57. The van der Waals surface area contributed by atoms with Gasteiger partial charge in [-0.15, -0.1) is 0 Å². The predicted molar refractivity (Wildman–Crippen MR) is 34.5 cm³/mol. The van der Waals surface area contributed by atoms with Gasteiger partial charge in [0.2, 0.25) is 0 Å². The molecule has 4 heteroatoms. The molecular weight excluding hydrogens is 136 g/mol. The Bertz CT molecular complexity index is 150. The minimum absolute atomic E-state index is 0.370. The van der Waals surface area contributed by atoms with Crippen molar-refractivity contribution in [2.24, 2.45) is 0 Å². The highest BCUT2D eigenvalue weighted by atomic mass is 16.3. The Balaban J connectivity index is 4.04. The molecule has 0 fully saturated rings. The van der Waals surface area contributed by atoms with Crippen LogP contribution in [0.1, 0.15) is 6.92 Å². The zero-order valence-electron chi connectivity index (χ0n) is 5.61. The lowest BCUT2D eigenvalue weighted by Crippen LogP contribution is -2.15. The van der Waals surface area contributed by atoms with Crippen LogP contribution in [0.2, 0.25) is 0 Å². The van der Waals surface area contributed by atoms with Crippen LogP contribution in [-0.2, 0) is 4.79 Å². The Morgan fingerprint density at radius 2 is 2.20 bits per heavy atom. The summed E-state index contributed by atoms with van der Waals surface area (Å²) in [6.07, 6.45) is -0.482. The third-order valence-corrected chi connectivity index (χ3v) is 0.865. The molecule has 0 saturated carbocycles. The Kier molecular flexibility index (Phi) is 3.68. The van der Waals surface area contributed by atoms with Crippen molar-refractivity contribution in [2.75, 3.05) is 6.61 Å². The Hall–Kier alpha value is -0.870. The molecule has 0 aliphatic carbocycles. The zero-order chi connectivity index (χ0) is 8.15. The van der Waals surface area contributed by atoms with Crippen LogP contribution in [0.15, 0.2) is 11.8 Å². The number of carbonyl (C=O) groups is 1. The number of hydrogen-bond donors (Lipinski definition) is 3. The molecule has 0 amide bonds. The van der Waals surface area contributed by atoms with E-state index < -0.39 is 18.5 Å². The van der Waals surface area contributed by atoms with E-state index in [-0.39, 0.29) is 5.78 Å². The first-order valence-corrected chi connectivity index (χ1v) is 2.78. The molecule has 10 heavy (non-hydrogen) atoms. The first-order valence-electron chi connectivity index (χ1n) is 2.78. The minimum Gasteiger partial charge on any atom is -0.509 e. The van der Waals surface area contributed by atoms with Crippen molar-refractivity contribution in [3.63, 3.8) is 0 Å². The van der Waals surface area contributed by atoms with E-state index in [1.807, 2.05) is 0 Å². The van der Waals surface area contributed by atoms with E-state index in [9.17, 15) is 4.79 Å². The molecule has 0 aromatic heterocycles. The number of carbonyl (C=O) groups excluding carboxylic acids is 1. The molecule has 1 unspecified atom stereocenters. The Morgan fingerprint density at radius 1 is 1.70 bits per heavy atom. The summed E-state index contributed by atoms with van der Waals surface area (Å²) in [5, 5.41) is 25.6.